The number of benzene rings is 3. The van der Waals surface area contributed by atoms with E-state index >= 15 is 0 Å². The lowest BCUT2D eigenvalue weighted by Gasteiger charge is -2.34. The molecule has 0 radical (unpaired) electrons. The smallest absolute Gasteiger partial charge is 0.320 e. The summed E-state index contributed by atoms with van der Waals surface area (Å²) in [6, 6.07) is 17.5. The second kappa shape index (κ2) is 12.9. The van der Waals surface area contributed by atoms with Gasteiger partial charge >= 0.3 is 6.03 Å². The minimum absolute atomic E-state index is 0.127. The number of anilines is 2. The van der Waals surface area contributed by atoms with E-state index in [2.05, 4.69) is 16.0 Å². The highest BCUT2D eigenvalue weighted by Crippen LogP contribution is 2.22. The van der Waals surface area contributed by atoms with Crippen LogP contribution in [0.3, 0.4) is 0 Å². The molecular formula is C29H30F2N4O4. The molecule has 4 amide bonds. The maximum Gasteiger partial charge on any atom is 0.320 e. The van der Waals surface area contributed by atoms with E-state index in [1.54, 1.807) is 36.3 Å². The van der Waals surface area contributed by atoms with Crippen molar-refractivity contribution < 1.29 is 27.9 Å². The predicted molar refractivity (Wildman–Crippen MR) is 143 cm³/mol. The van der Waals surface area contributed by atoms with Crippen LogP contribution in [-0.4, -0.2) is 49.0 Å². The van der Waals surface area contributed by atoms with Crippen molar-refractivity contribution >= 4 is 29.2 Å². The molecule has 1 atom stereocenters. The van der Waals surface area contributed by atoms with Crippen LogP contribution in [0.2, 0.25) is 0 Å². The molecule has 0 unspecified atom stereocenters. The molecule has 4 rings (SSSR count). The molecule has 0 bridgehead atoms. The number of hydrogen-bond donors (Lipinski definition) is 3. The highest BCUT2D eigenvalue weighted by Gasteiger charge is 2.32. The Morgan fingerprint density at radius 3 is 2.15 bits per heavy atom. The summed E-state index contributed by atoms with van der Waals surface area (Å²) >= 11 is 0. The lowest BCUT2D eigenvalue weighted by Crippen LogP contribution is -2.53. The number of para-hydroxylation sites is 1. The van der Waals surface area contributed by atoms with Crippen LogP contribution >= 0.6 is 0 Å². The maximum atomic E-state index is 14.0. The van der Waals surface area contributed by atoms with E-state index in [0.29, 0.717) is 37.4 Å². The number of amides is 4. The molecule has 8 nitrogen and oxygen atoms in total. The highest BCUT2D eigenvalue weighted by molar-refractivity contribution is 5.95. The van der Waals surface area contributed by atoms with Crippen molar-refractivity contribution in [2.45, 2.75) is 25.3 Å². The van der Waals surface area contributed by atoms with Crippen LogP contribution in [0.25, 0.3) is 0 Å². The third-order valence-electron chi connectivity index (χ3n) is 6.62. The number of ether oxygens (including phenoxy) is 1. The zero-order valence-corrected chi connectivity index (χ0v) is 21.5. The fourth-order valence-corrected chi connectivity index (χ4v) is 4.48. The van der Waals surface area contributed by atoms with E-state index in [0.717, 1.165) is 17.7 Å². The number of nitrogens with zero attached hydrogens (tertiary/aromatic N) is 1. The second-order valence-electron chi connectivity index (χ2n) is 9.25. The fraction of sp³-hybridized carbons (Fsp3) is 0.276. The summed E-state index contributed by atoms with van der Waals surface area (Å²) in [5.74, 6) is -1.90. The number of nitrogens with one attached hydrogen (secondary N) is 3. The number of carbonyl (C=O) groups is 3. The number of hydrogen-bond acceptors (Lipinski definition) is 4. The average molecular weight is 537 g/mol. The van der Waals surface area contributed by atoms with Gasteiger partial charge in [0.25, 0.3) is 0 Å². The summed E-state index contributed by atoms with van der Waals surface area (Å²) in [5.41, 5.74) is 0.871. The molecule has 1 aliphatic rings. The van der Waals surface area contributed by atoms with E-state index in [1.165, 1.54) is 6.07 Å². The largest absolute Gasteiger partial charge is 0.497 e. The molecule has 3 aromatic rings. The van der Waals surface area contributed by atoms with Crippen molar-refractivity contribution in [3.05, 3.63) is 90.0 Å². The molecule has 204 valence electrons. The molecule has 0 aliphatic carbocycles. The molecular weight excluding hydrogens is 506 g/mol. The molecule has 1 heterocycles. The first-order chi connectivity index (χ1) is 18.8. The Kier molecular flexibility index (Phi) is 9.09. The number of likely N-dealkylation sites (tertiary alicyclic amines) is 1. The van der Waals surface area contributed by atoms with E-state index in [9.17, 15) is 23.2 Å². The van der Waals surface area contributed by atoms with Gasteiger partial charge in [-0.2, -0.15) is 0 Å². The number of rotatable bonds is 8. The molecule has 1 saturated heterocycles. The van der Waals surface area contributed by atoms with Gasteiger partial charge in [0.15, 0.2) is 0 Å². The quantitative estimate of drug-likeness (QED) is 0.392. The number of halogens is 2. The average Bonchev–Trinajstić information content (AvgIpc) is 2.95. The van der Waals surface area contributed by atoms with Gasteiger partial charge in [-0.3, -0.25) is 9.59 Å². The van der Waals surface area contributed by atoms with Gasteiger partial charge in [0, 0.05) is 31.1 Å². The first kappa shape index (κ1) is 27.6. The van der Waals surface area contributed by atoms with Crippen molar-refractivity contribution in [1.29, 1.82) is 0 Å². The highest BCUT2D eigenvalue weighted by atomic mass is 19.1. The summed E-state index contributed by atoms with van der Waals surface area (Å²) < 4.78 is 33.2. The summed E-state index contributed by atoms with van der Waals surface area (Å²) in [6.45, 7) is 0.659. The molecule has 0 spiro atoms. The molecule has 1 fully saturated rings. The van der Waals surface area contributed by atoms with Crippen molar-refractivity contribution in [3.63, 3.8) is 0 Å². The van der Waals surface area contributed by atoms with E-state index < -0.39 is 29.4 Å². The Morgan fingerprint density at radius 2 is 1.54 bits per heavy atom. The zero-order chi connectivity index (χ0) is 27.8. The molecule has 3 aromatic carbocycles. The van der Waals surface area contributed by atoms with Crippen molar-refractivity contribution in [3.8, 4) is 5.75 Å². The lowest BCUT2D eigenvalue weighted by molar-refractivity contribution is -0.136. The lowest BCUT2D eigenvalue weighted by atomic mass is 9.94. The monoisotopic (exact) mass is 536 g/mol. The van der Waals surface area contributed by atoms with Gasteiger partial charge in [0.1, 0.15) is 29.1 Å². The van der Waals surface area contributed by atoms with Gasteiger partial charge in [-0.25, -0.2) is 13.6 Å². The van der Waals surface area contributed by atoms with Crippen LogP contribution in [0.4, 0.5) is 25.0 Å². The van der Waals surface area contributed by atoms with E-state index in [1.807, 2.05) is 30.3 Å². The minimum atomic E-state index is -0.980. The number of methoxy groups -OCH3 is 1. The topological polar surface area (TPSA) is 99.8 Å². The summed E-state index contributed by atoms with van der Waals surface area (Å²) in [6.07, 6.45) is 1.10. The zero-order valence-electron chi connectivity index (χ0n) is 21.5. The van der Waals surface area contributed by atoms with Crippen molar-refractivity contribution in [1.82, 2.24) is 10.2 Å². The van der Waals surface area contributed by atoms with Crippen LogP contribution in [0.5, 0.6) is 5.75 Å². The number of urea groups is 1. The maximum absolute atomic E-state index is 14.0. The summed E-state index contributed by atoms with van der Waals surface area (Å²) in [5, 5.41) is 7.65. The molecule has 0 saturated carbocycles. The third-order valence-corrected chi connectivity index (χ3v) is 6.62. The summed E-state index contributed by atoms with van der Waals surface area (Å²) in [7, 11) is 1.57. The van der Waals surface area contributed by atoms with Gasteiger partial charge in [-0.15, -0.1) is 0 Å². The van der Waals surface area contributed by atoms with Crippen molar-refractivity contribution in [2.75, 3.05) is 30.8 Å². The Balaban J connectivity index is 1.38. The van der Waals surface area contributed by atoms with Gasteiger partial charge in [-0.1, -0.05) is 36.4 Å². The Hall–Kier alpha value is -4.47. The first-order valence-electron chi connectivity index (χ1n) is 12.6. The Bertz CT molecular complexity index is 1280. The van der Waals surface area contributed by atoms with Crippen LogP contribution in [0.1, 0.15) is 18.4 Å². The van der Waals surface area contributed by atoms with Crippen LogP contribution in [0, 0.1) is 17.6 Å². The number of piperidine rings is 1. The Labute approximate surface area is 225 Å². The van der Waals surface area contributed by atoms with E-state index in [-0.39, 0.29) is 24.2 Å². The van der Waals surface area contributed by atoms with E-state index in [4.69, 9.17) is 4.74 Å². The second-order valence-corrected chi connectivity index (χ2v) is 9.25. The van der Waals surface area contributed by atoms with Gasteiger partial charge in [0.05, 0.1) is 7.11 Å². The van der Waals surface area contributed by atoms with Gasteiger partial charge in [-0.05, 0) is 54.8 Å². The Morgan fingerprint density at radius 1 is 0.897 bits per heavy atom. The molecule has 10 heteroatoms. The fourth-order valence-electron chi connectivity index (χ4n) is 4.48. The predicted octanol–water partition coefficient (Wildman–Crippen LogP) is 4.58. The molecule has 0 aromatic heterocycles. The van der Waals surface area contributed by atoms with Gasteiger partial charge in [0.2, 0.25) is 11.8 Å². The summed E-state index contributed by atoms with van der Waals surface area (Å²) in [4.78, 5) is 40.5. The van der Waals surface area contributed by atoms with Crippen molar-refractivity contribution in [2.24, 2.45) is 5.92 Å². The molecule has 39 heavy (non-hydrogen) atoms. The van der Waals surface area contributed by atoms with Crippen LogP contribution in [-0.2, 0) is 16.0 Å². The minimum Gasteiger partial charge on any atom is -0.497 e. The normalized spacial score (nSPS) is 14.3. The molecule has 3 N–H and O–H groups in total. The molecule has 1 aliphatic heterocycles. The third kappa shape index (κ3) is 7.31. The standard InChI is InChI=1S/C29H30F2N4O4/c1-39-22-12-10-21(11-13-22)32-27(36)20-14-16-35(17-15-20)28(37)25(18-19-6-3-2-4-7-19)33-29(38)34-26-23(30)8-5-9-24(26)31/h2-13,20,25H,14-18H2,1H3,(H,32,36)(H2,33,34,38)/t25-/m1/s1. The van der Waals surface area contributed by atoms with Crippen LogP contribution in [0.15, 0.2) is 72.8 Å². The van der Waals surface area contributed by atoms with Crippen LogP contribution < -0.4 is 20.7 Å². The SMILES string of the molecule is COc1ccc(NC(=O)C2CCN(C(=O)[C@@H](Cc3ccccc3)NC(=O)Nc3c(F)cccc3F)CC2)cc1. The van der Waals surface area contributed by atoms with Gasteiger partial charge < -0.3 is 25.6 Å². The first-order valence-corrected chi connectivity index (χ1v) is 12.6. The number of carbonyl (C=O) groups excluding carboxylic acids is 3.